The van der Waals surface area contributed by atoms with Gasteiger partial charge >= 0.3 is 5.69 Å². The molecular weight excluding hydrogens is 378 g/mol. The summed E-state index contributed by atoms with van der Waals surface area (Å²) in [5, 5.41) is 14.1. The van der Waals surface area contributed by atoms with Gasteiger partial charge in [-0.25, -0.2) is 0 Å². The van der Waals surface area contributed by atoms with E-state index in [1.807, 2.05) is 18.2 Å². The lowest BCUT2D eigenvalue weighted by atomic mass is 10.1. The summed E-state index contributed by atoms with van der Waals surface area (Å²) in [5.41, 5.74) is 6.83. The first-order chi connectivity index (χ1) is 14.1. The Kier molecular flexibility index (Phi) is 6.85. The molecule has 2 aromatic carbocycles. The van der Waals surface area contributed by atoms with E-state index < -0.39 is 4.92 Å². The number of nitro benzene ring substituents is 1. The van der Waals surface area contributed by atoms with Crippen molar-refractivity contribution >= 4 is 11.6 Å². The highest BCUT2D eigenvalue weighted by Gasteiger charge is 2.17. The first kappa shape index (κ1) is 20.4. The molecule has 0 fully saturated rings. The number of carbonyl (C=O) groups is 1. The van der Waals surface area contributed by atoms with E-state index in [9.17, 15) is 14.9 Å². The van der Waals surface area contributed by atoms with E-state index >= 15 is 0 Å². The van der Waals surface area contributed by atoms with Crippen LogP contribution in [0.25, 0.3) is 0 Å². The number of carbonyl (C=O) groups excluding carboxylic acids is 1. The lowest BCUT2D eigenvalue weighted by Crippen LogP contribution is -2.26. The highest BCUT2D eigenvalue weighted by molar-refractivity contribution is 5.78. The van der Waals surface area contributed by atoms with Gasteiger partial charge in [-0.1, -0.05) is 12.1 Å². The largest absolute Gasteiger partial charge is 0.485 e. The molecule has 0 bridgehead atoms. The van der Waals surface area contributed by atoms with Crippen LogP contribution in [-0.2, 0) is 17.6 Å². The van der Waals surface area contributed by atoms with E-state index in [0.29, 0.717) is 12.1 Å². The molecule has 0 radical (unpaired) electrons. The van der Waals surface area contributed by atoms with Gasteiger partial charge in [0.15, 0.2) is 17.2 Å². The topological polar surface area (TPSA) is 126 Å². The lowest BCUT2D eigenvalue weighted by Gasteiger charge is -2.08. The minimum Gasteiger partial charge on any atom is -0.485 e. The summed E-state index contributed by atoms with van der Waals surface area (Å²) in [6.45, 7) is 1.19. The summed E-state index contributed by atoms with van der Waals surface area (Å²) in [7, 11) is 0. The molecule has 1 aliphatic rings. The fourth-order valence-electron chi connectivity index (χ4n) is 2.97. The summed E-state index contributed by atoms with van der Waals surface area (Å²) in [6, 6.07) is 10.3. The molecule has 0 saturated carbocycles. The summed E-state index contributed by atoms with van der Waals surface area (Å²) in [5.74, 6) is 1.44. The molecule has 9 heteroatoms. The highest BCUT2D eigenvalue weighted by atomic mass is 16.7. The quantitative estimate of drug-likeness (QED) is 0.354. The van der Waals surface area contributed by atoms with Crippen LogP contribution in [-0.4, -0.2) is 37.3 Å². The number of hydrogen-bond acceptors (Lipinski definition) is 7. The molecule has 3 rings (SSSR count). The monoisotopic (exact) mass is 401 g/mol. The van der Waals surface area contributed by atoms with Crippen LogP contribution in [0.15, 0.2) is 36.4 Å². The van der Waals surface area contributed by atoms with E-state index in [-0.39, 0.29) is 43.7 Å². The minimum atomic E-state index is -0.529. The molecule has 0 spiro atoms. The van der Waals surface area contributed by atoms with Crippen molar-refractivity contribution in [2.45, 2.75) is 19.3 Å². The second-order valence-electron chi connectivity index (χ2n) is 6.51. The Labute approximate surface area is 167 Å². The minimum absolute atomic E-state index is 0.0576. The Hall–Kier alpha value is -3.33. The van der Waals surface area contributed by atoms with Crippen molar-refractivity contribution in [2.24, 2.45) is 5.73 Å². The number of ether oxygens (including phenoxy) is 3. The molecule has 0 aliphatic carbocycles. The van der Waals surface area contributed by atoms with Gasteiger partial charge in [0, 0.05) is 19.2 Å². The van der Waals surface area contributed by atoms with Crippen molar-refractivity contribution in [1.29, 1.82) is 0 Å². The molecule has 1 amide bonds. The molecule has 9 nitrogen and oxygen atoms in total. The number of fused-ring (bicyclic) bond motifs is 1. The van der Waals surface area contributed by atoms with Crippen LogP contribution in [0.4, 0.5) is 5.69 Å². The van der Waals surface area contributed by atoms with Crippen molar-refractivity contribution in [3.05, 3.63) is 57.6 Å². The Morgan fingerprint density at radius 2 is 1.97 bits per heavy atom. The lowest BCUT2D eigenvalue weighted by molar-refractivity contribution is -0.385. The Bertz CT molecular complexity index is 887. The molecule has 0 unspecified atom stereocenters. The molecule has 1 aliphatic heterocycles. The number of amides is 1. The zero-order valence-electron chi connectivity index (χ0n) is 15.9. The van der Waals surface area contributed by atoms with Crippen molar-refractivity contribution < 1.29 is 23.9 Å². The Balaban J connectivity index is 1.46. The predicted octanol–water partition coefficient (Wildman–Crippen LogP) is 1.95. The van der Waals surface area contributed by atoms with Crippen molar-refractivity contribution in [2.75, 3.05) is 26.5 Å². The average Bonchev–Trinajstić information content (AvgIpc) is 3.18. The number of nitro groups is 1. The number of nitrogens with one attached hydrogen (secondary N) is 1. The maximum atomic E-state index is 12.1. The number of hydrogen-bond donors (Lipinski definition) is 2. The molecule has 0 saturated heterocycles. The van der Waals surface area contributed by atoms with Gasteiger partial charge in [0.05, 0.1) is 11.3 Å². The van der Waals surface area contributed by atoms with E-state index in [2.05, 4.69) is 5.32 Å². The molecule has 154 valence electrons. The van der Waals surface area contributed by atoms with E-state index in [0.717, 1.165) is 29.9 Å². The first-order valence-corrected chi connectivity index (χ1v) is 9.32. The predicted molar refractivity (Wildman–Crippen MR) is 105 cm³/mol. The van der Waals surface area contributed by atoms with Gasteiger partial charge in [0.25, 0.3) is 0 Å². The van der Waals surface area contributed by atoms with Crippen LogP contribution < -0.4 is 25.3 Å². The third-order valence-electron chi connectivity index (χ3n) is 4.36. The highest BCUT2D eigenvalue weighted by Crippen LogP contribution is 2.32. The van der Waals surface area contributed by atoms with Gasteiger partial charge in [-0.15, -0.1) is 0 Å². The number of nitrogens with zero attached hydrogens (tertiary/aromatic N) is 1. The SMILES string of the molecule is NCCOc1ccc(CC(=O)NCCCc2ccc3c(c2)OCO3)cc1[N+](=O)[O-]. The van der Waals surface area contributed by atoms with E-state index in [1.165, 1.54) is 12.1 Å². The maximum Gasteiger partial charge on any atom is 0.311 e. The fraction of sp³-hybridized carbons (Fsp3) is 0.350. The molecule has 1 heterocycles. The van der Waals surface area contributed by atoms with Crippen LogP contribution in [0.2, 0.25) is 0 Å². The van der Waals surface area contributed by atoms with Crippen LogP contribution in [0.1, 0.15) is 17.5 Å². The molecular formula is C20H23N3O6. The maximum absolute atomic E-state index is 12.1. The number of aryl methyl sites for hydroxylation is 1. The summed E-state index contributed by atoms with van der Waals surface area (Å²) >= 11 is 0. The third kappa shape index (κ3) is 5.58. The smallest absolute Gasteiger partial charge is 0.311 e. The van der Waals surface area contributed by atoms with Crippen molar-refractivity contribution in [3.63, 3.8) is 0 Å². The summed E-state index contributed by atoms with van der Waals surface area (Å²) in [4.78, 5) is 22.8. The molecule has 3 N–H and O–H groups in total. The fourth-order valence-corrected chi connectivity index (χ4v) is 2.97. The number of benzene rings is 2. The molecule has 29 heavy (non-hydrogen) atoms. The average molecular weight is 401 g/mol. The van der Waals surface area contributed by atoms with Crippen molar-refractivity contribution in [1.82, 2.24) is 5.32 Å². The first-order valence-electron chi connectivity index (χ1n) is 9.32. The number of nitrogens with two attached hydrogens (primary N) is 1. The second kappa shape index (κ2) is 9.74. The van der Waals surface area contributed by atoms with Crippen LogP contribution in [0.3, 0.4) is 0 Å². The standard InChI is InChI=1S/C20H23N3O6/c21-7-9-27-17-5-4-15(10-16(17)23(25)26)12-20(24)22-8-1-2-14-3-6-18-19(11-14)29-13-28-18/h3-6,10-11H,1-2,7-9,12-13,21H2,(H,22,24). The normalized spacial score (nSPS) is 11.9. The zero-order valence-corrected chi connectivity index (χ0v) is 15.9. The molecule has 2 aromatic rings. The number of rotatable bonds is 10. The Morgan fingerprint density at radius 1 is 1.17 bits per heavy atom. The van der Waals surface area contributed by atoms with Crippen molar-refractivity contribution in [3.8, 4) is 17.2 Å². The van der Waals surface area contributed by atoms with Gasteiger partial charge < -0.3 is 25.3 Å². The zero-order chi connectivity index (χ0) is 20.6. The van der Waals surface area contributed by atoms with Gasteiger partial charge in [-0.2, -0.15) is 0 Å². The Morgan fingerprint density at radius 3 is 2.76 bits per heavy atom. The van der Waals surface area contributed by atoms with Gasteiger partial charge in [0.1, 0.15) is 6.61 Å². The summed E-state index contributed by atoms with van der Waals surface area (Å²) < 4.78 is 15.9. The van der Waals surface area contributed by atoms with Crippen LogP contribution in [0, 0.1) is 10.1 Å². The van der Waals surface area contributed by atoms with Gasteiger partial charge in [0.2, 0.25) is 12.7 Å². The van der Waals surface area contributed by atoms with Crippen LogP contribution in [0.5, 0.6) is 17.2 Å². The molecule has 0 aromatic heterocycles. The van der Waals surface area contributed by atoms with E-state index in [1.54, 1.807) is 6.07 Å². The van der Waals surface area contributed by atoms with E-state index in [4.69, 9.17) is 19.9 Å². The van der Waals surface area contributed by atoms with Gasteiger partial charge in [-0.3, -0.25) is 14.9 Å². The van der Waals surface area contributed by atoms with Gasteiger partial charge in [-0.05, 0) is 42.2 Å². The third-order valence-corrected chi connectivity index (χ3v) is 4.36. The van der Waals surface area contributed by atoms with Crippen LogP contribution >= 0.6 is 0 Å². The molecule has 0 atom stereocenters. The summed E-state index contributed by atoms with van der Waals surface area (Å²) in [6.07, 6.45) is 1.61. The second-order valence-corrected chi connectivity index (χ2v) is 6.51.